The summed E-state index contributed by atoms with van der Waals surface area (Å²) in [5.41, 5.74) is 1.59. The predicted molar refractivity (Wildman–Crippen MR) is 100 cm³/mol. The molecule has 2 N–H and O–H groups in total. The van der Waals surface area contributed by atoms with Crippen molar-refractivity contribution < 1.29 is 14.3 Å². The van der Waals surface area contributed by atoms with Crippen LogP contribution in [0.4, 0.5) is 5.69 Å². The standard InChI is InChI=1S/C17H16Br2N2O3/c1-24-13-5-2-11(3-6-13)8-9-20-16(22)17(23)21-12-4-7-14(18)15(19)10-12/h2-7,10H,8-9H2,1H3,(H,20,22)(H,21,23). The average molecular weight is 456 g/mol. The fourth-order valence-electron chi connectivity index (χ4n) is 1.95. The van der Waals surface area contributed by atoms with Crippen LogP contribution < -0.4 is 15.4 Å². The minimum absolute atomic E-state index is 0.378. The van der Waals surface area contributed by atoms with E-state index in [1.54, 1.807) is 25.3 Å². The van der Waals surface area contributed by atoms with Gasteiger partial charge < -0.3 is 15.4 Å². The third kappa shape index (κ3) is 5.35. The van der Waals surface area contributed by atoms with Gasteiger partial charge in [0.05, 0.1) is 7.11 Å². The lowest BCUT2D eigenvalue weighted by Gasteiger charge is -2.08. The molecule has 0 heterocycles. The van der Waals surface area contributed by atoms with Gasteiger partial charge in [-0.1, -0.05) is 12.1 Å². The normalized spacial score (nSPS) is 10.1. The summed E-state index contributed by atoms with van der Waals surface area (Å²) in [5.74, 6) is -0.579. The molecule has 0 aromatic heterocycles. The summed E-state index contributed by atoms with van der Waals surface area (Å²) >= 11 is 6.69. The monoisotopic (exact) mass is 454 g/mol. The van der Waals surface area contributed by atoms with Gasteiger partial charge in [0.1, 0.15) is 5.75 Å². The van der Waals surface area contributed by atoms with Crippen LogP contribution in [-0.2, 0) is 16.0 Å². The van der Waals surface area contributed by atoms with Gasteiger partial charge in [-0.25, -0.2) is 0 Å². The molecule has 2 rings (SSSR count). The van der Waals surface area contributed by atoms with Crippen molar-refractivity contribution in [3.63, 3.8) is 0 Å². The van der Waals surface area contributed by atoms with Gasteiger partial charge in [0.15, 0.2) is 0 Å². The Kier molecular flexibility index (Phi) is 6.81. The number of ether oxygens (including phenoxy) is 1. The Hall–Kier alpha value is -1.86. The number of methoxy groups -OCH3 is 1. The molecule has 0 aliphatic rings. The lowest BCUT2D eigenvalue weighted by Crippen LogP contribution is -2.36. The molecular weight excluding hydrogens is 440 g/mol. The number of carbonyl (C=O) groups excluding carboxylic acids is 2. The molecule has 0 aliphatic carbocycles. The van der Waals surface area contributed by atoms with Gasteiger partial charge in [0.25, 0.3) is 0 Å². The van der Waals surface area contributed by atoms with E-state index in [2.05, 4.69) is 42.5 Å². The summed E-state index contributed by atoms with van der Waals surface area (Å²) < 4.78 is 6.74. The van der Waals surface area contributed by atoms with Crippen LogP contribution in [0.25, 0.3) is 0 Å². The van der Waals surface area contributed by atoms with Crippen LogP contribution in [-0.4, -0.2) is 25.5 Å². The molecule has 0 saturated carbocycles. The zero-order valence-corrected chi connectivity index (χ0v) is 16.1. The van der Waals surface area contributed by atoms with Crippen LogP contribution >= 0.6 is 31.9 Å². The number of anilines is 1. The molecule has 2 aromatic rings. The largest absolute Gasteiger partial charge is 0.497 e. The zero-order chi connectivity index (χ0) is 17.5. The quantitative estimate of drug-likeness (QED) is 0.678. The molecular formula is C17H16Br2N2O3. The third-order valence-electron chi connectivity index (χ3n) is 3.24. The second kappa shape index (κ2) is 8.84. The van der Waals surface area contributed by atoms with Gasteiger partial charge >= 0.3 is 11.8 Å². The smallest absolute Gasteiger partial charge is 0.313 e. The van der Waals surface area contributed by atoms with E-state index in [1.165, 1.54) is 0 Å². The first-order valence-electron chi connectivity index (χ1n) is 7.17. The van der Waals surface area contributed by atoms with Crippen LogP contribution in [0.5, 0.6) is 5.75 Å². The van der Waals surface area contributed by atoms with Crippen LogP contribution in [0.15, 0.2) is 51.4 Å². The molecule has 2 aromatic carbocycles. The maximum atomic E-state index is 11.9. The van der Waals surface area contributed by atoms with Crippen molar-refractivity contribution in [2.75, 3.05) is 19.0 Å². The number of amides is 2. The molecule has 2 amide bonds. The molecule has 0 spiro atoms. The highest BCUT2D eigenvalue weighted by Crippen LogP contribution is 2.25. The third-order valence-corrected chi connectivity index (χ3v) is 5.12. The van der Waals surface area contributed by atoms with Gasteiger partial charge in [0.2, 0.25) is 0 Å². The average Bonchev–Trinajstić information content (AvgIpc) is 2.58. The fourth-order valence-corrected chi connectivity index (χ4v) is 2.58. The van der Waals surface area contributed by atoms with E-state index in [1.807, 2.05) is 24.3 Å². The number of nitrogens with one attached hydrogen (secondary N) is 2. The van der Waals surface area contributed by atoms with Crippen molar-refractivity contribution in [1.82, 2.24) is 5.32 Å². The minimum atomic E-state index is -0.695. The van der Waals surface area contributed by atoms with Crippen molar-refractivity contribution >= 4 is 49.4 Å². The summed E-state index contributed by atoms with van der Waals surface area (Å²) in [6, 6.07) is 12.8. The van der Waals surface area contributed by atoms with Crippen molar-refractivity contribution in [3.05, 3.63) is 57.0 Å². The second-order valence-electron chi connectivity index (χ2n) is 4.94. The first kappa shape index (κ1) is 18.5. The molecule has 0 saturated heterocycles. The van der Waals surface area contributed by atoms with Crippen molar-refractivity contribution in [2.45, 2.75) is 6.42 Å². The molecule has 0 radical (unpaired) electrons. The first-order valence-corrected chi connectivity index (χ1v) is 8.75. The zero-order valence-electron chi connectivity index (χ0n) is 12.9. The van der Waals surface area contributed by atoms with Gasteiger partial charge in [-0.15, -0.1) is 0 Å². The Labute approximate surface area is 157 Å². The number of benzene rings is 2. The molecule has 5 nitrogen and oxygen atoms in total. The van der Waals surface area contributed by atoms with Crippen molar-refractivity contribution in [2.24, 2.45) is 0 Å². The lowest BCUT2D eigenvalue weighted by molar-refractivity contribution is -0.136. The maximum Gasteiger partial charge on any atom is 0.313 e. The highest BCUT2D eigenvalue weighted by Gasteiger charge is 2.13. The van der Waals surface area contributed by atoms with Crippen LogP contribution in [0.2, 0.25) is 0 Å². The van der Waals surface area contributed by atoms with E-state index in [-0.39, 0.29) is 0 Å². The summed E-state index contributed by atoms with van der Waals surface area (Å²) in [7, 11) is 1.61. The molecule has 24 heavy (non-hydrogen) atoms. The van der Waals surface area contributed by atoms with Gasteiger partial charge in [-0.2, -0.15) is 0 Å². The Morgan fingerprint density at radius 1 is 1.00 bits per heavy atom. The molecule has 0 bridgehead atoms. The number of carbonyl (C=O) groups is 2. The highest BCUT2D eigenvalue weighted by atomic mass is 79.9. The second-order valence-corrected chi connectivity index (χ2v) is 6.65. The van der Waals surface area contributed by atoms with E-state index in [9.17, 15) is 9.59 Å². The Bertz CT molecular complexity index is 733. The van der Waals surface area contributed by atoms with E-state index >= 15 is 0 Å². The van der Waals surface area contributed by atoms with Crippen molar-refractivity contribution in [3.8, 4) is 5.75 Å². The van der Waals surface area contributed by atoms with E-state index < -0.39 is 11.8 Å². The van der Waals surface area contributed by atoms with Crippen LogP contribution in [0, 0.1) is 0 Å². The molecule has 0 unspecified atom stereocenters. The number of rotatable bonds is 5. The van der Waals surface area contributed by atoms with Gasteiger partial charge in [-0.3, -0.25) is 9.59 Å². The lowest BCUT2D eigenvalue weighted by atomic mass is 10.1. The molecule has 7 heteroatoms. The summed E-state index contributed by atoms with van der Waals surface area (Å²) in [6.07, 6.45) is 0.632. The predicted octanol–water partition coefficient (Wildman–Crippen LogP) is 3.52. The van der Waals surface area contributed by atoms with E-state index in [4.69, 9.17) is 4.74 Å². The van der Waals surface area contributed by atoms with Crippen LogP contribution in [0.1, 0.15) is 5.56 Å². The molecule has 0 fully saturated rings. The molecule has 0 aliphatic heterocycles. The minimum Gasteiger partial charge on any atom is -0.497 e. The van der Waals surface area contributed by atoms with Gasteiger partial charge in [0, 0.05) is 21.2 Å². The molecule has 0 atom stereocenters. The number of halogens is 2. The van der Waals surface area contributed by atoms with E-state index in [0.29, 0.717) is 18.7 Å². The fraction of sp³-hybridized carbons (Fsp3) is 0.176. The number of hydrogen-bond acceptors (Lipinski definition) is 3. The first-order chi connectivity index (χ1) is 11.5. The number of hydrogen-bond donors (Lipinski definition) is 2. The van der Waals surface area contributed by atoms with E-state index in [0.717, 1.165) is 20.3 Å². The Balaban J connectivity index is 1.80. The topological polar surface area (TPSA) is 67.4 Å². The summed E-state index contributed by atoms with van der Waals surface area (Å²) in [6.45, 7) is 0.378. The highest BCUT2D eigenvalue weighted by molar-refractivity contribution is 9.13. The summed E-state index contributed by atoms with van der Waals surface area (Å²) in [5, 5.41) is 5.16. The Morgan fingerprint density at radius 3 is 2.33 bits per heavy atom. The van der Waals surface area contributed by atoms with Crippen LogP contribution in [0.3, 0.4) is 0 Å². The summed E-state index contributed by atoms with van der Waals surface area (Å²) in [4.78, 5) is 23.7. The maximum absolute atomic E-state index is 11.9. The Morgan fingerprint density at radius 2 is 1.71 bits per heavy atom. The SMILES string of the molecule is COc1ccc(CCNC(=O)C(=O)Nc2ccc(Br)c(Br)c2)cc1. The van der Waals surface area contributed by atoms with Crippen molar-refractivity contribution in [1.29, 1.82) is 0 Å². The molecule has 126 valence electrons. The van der Waals surface area contributed by atoms with Gasteiger partial charge in [-0.05, 0) is 74.2 Å².